The van der Waals surface area contributed by atoms with E-state index in [1.165, 1.54) is 6.26 Å². The Kier molecular flexibility index (Phi) is 6.55. The molecule has 0 atom stereocenters. The molecule has 4 aromatic rings. The molecule has 10 heteroatoms. The van der Waals surface area contributed by atoms with Gasteiger partial charge in [-0.05, 0) is 37.5 Å². The lowest BCUT2D eigenvalue weighted by atomic mass is 10.1. The Balaban J connectivity index is 1.76. The zero-order valence-corrected chi connectivity index (χ0v) is 20.9. The first-order valence-electron chi connectivity index (χ1n) is 10.4. The molecule has 0 saturated heterocycles. The van der Waals surface area contributed by atoms with Gasteiger partial charge in [-0.25, -0.2) is 18.4 Å². The number of thiazole rings is 1. The predicted molar refractivity (Wildman–Crippen MR) is 129 cm³/mol. The molecule has 0 amide bonds. The molecule has 0 aliphatic carbocycles. The lowest BCUT2D eigenvalue weighted by Crippen LogP contribution is -2.08. The average molecular weight is 488 g/mol. The van der Waals surface area contributed by atoms with Gasteiger partial charge in [0.05, 0.1) is 27.6 Å². The number of hydrogen-bond donors (Lipinski definition) is 0. The Hall–Kier alpha value is -2.43. The van der Waals surface area contributed by atoms with Gasteiger partial charge in [0.15, 0.2) is 9.84 Å². The lowest BCUT2D eigenvalue weighted by Gasteiger charge is -2.14. The van der Waals surface area contributed by atoms with E-state index in [0.717, 1.165) is 56.2 Å². The van der Waals surface area contributed by atoms with Crippen LogP contribution in [0, 0.1) is 6.92 Å². The van der Waals surface area contributed by atoms with Gasteiger partial charge in [-0.3, -0.25) is 0 Å². The first-order chi connectivity index (χ1) is 15.3. The molecule has 3 aromatic heterocycles. The van der Waals surface area contributed by atoms with Gasteiger partial charge in [0, 0.05) is 25.1 Å². The molecule has 0 aliphatic rings. The maximum absolute atomic E-state index is 12.5. The van der Waals surface area contributed by atoms with Crippen LogP contribution in [0.25, 0.3) is 16.1 Å². The second kappa shape index (κ2) is 9.21. The lowest BCUT2D eigenvalue weighted by molar-refractivity contribution is 0.601. The topological polar surface area (TPSA) is 90.6 Å². The fraction of sp³-hybridized carbons (Fsp3) is 0.364. The third kappa shape index (κ3) is 4.67. The third-order valence-corrected chi connectivity index (χ3v) is 8.44. The molecule has 0 N–H and O–H groups in total. The van der Waals surface area contributed by atoms with E-state index in [2.05, 4.69) is 29.0 Å². The van der Waals surface area contributed by atoms with Crippen LogP contribution in [0.15, 0.2) is 35.5 Å². The van der Waals surface area contributed by atoms with Gasteiger partial charge in [-0.1, -0.05) is 19.9 Å². The van der Waals surface area contributed by atoms with Gasteiger partial charge in [0.25, 0.3) is 0 Å². The summed E-state index contributed by atoms with van der Waals surface area (Å²) in [5.74, 6) is 0.847. The van der Waals surface area contributed by atoms with Crippen molar-refractivity contribution < 1.29 is 8.42 Å². The van der Waals surface area contributed by atoms with Crippen LogP contribution in [0.2, 0.25) is 0 Å². The van der Waals surface area contributed by atoms with Crippen molar-refractivity contribution in [3.05, 3.63) is 57.1 Å². The number of imidazole rings is 1. The molecule has 0 bridgehead atoms. The number of hydrogen-bond acceptors (Lipinski definition) is 8. The molecule has 32 heavy (non-hydrogen) atoms. The van der Waals surface area contributed by atoms with Gasteiger partial charge < -0.3 is 4.57 Å². The molecule has 0 spiro atoms. The van der Waals surface area contributed by atoms with Gasteiger partial charge in [-0.15, -0.1) is 32.9 Å². The minimum absolute atomic E-state index is 0.292. The molecule has 3 heterocycles. The number of benzene rings is 1. The maximum atomic E-state index is 12.5. The first-order valence-corrected chi connectivity index (χ1v) is 14.0. The van der Waals surface area contributed by atoms with Crippen molar-refractivity contribution in [2.24, 2.45) is 0 Å². The van der Waals surface area contributed by atoms with E-state index in [4.69, 9.17) is 4.98 Å². The smallest absolute Gasteiger partial charge is 0.177 e. The Morgan fingerprint density at radius 1 is 1.06 bits per heavy atom. The van der Waals surface area contributed by atoms with E-state index in [1.807, 2.05) is 29.8 Å². The zero-order chi connectivity index (χ0) is 22.9. The third-order valence-electron chi connectivity index (χ3n) is 5.03. The highest BCUT2D eigenvalue weighted by Gasteiger charge is 2.20. The van der Waals surface area contributed by atoms with Crippen LogP contribution in [0.3, 0.4) is 0 Å². The van der Waals surface area contributed by atoms with Crippen molar-refractivity contribution in [2.45, 2.75) is 51.3 Å². The van der Waals surface area contributed by atoms with E-state index in [0.29, 0.717) is 17.0 Å². The quantitative estimate of drug-likeness (QED) is 0.359. The summed E-state index contributed by atoms with van der Waals surface area (Å²) in [5, 5.41) is 11.4. The molecular formula is C22H25N5O2S3. The van der Waals surface area contributed by atoms with Gasteiger partial charge in [0.2, 0.25) is 0 Å². The van der Waals surface area contributed by atoms with Crippen molar-refractivity contribution in [1.82, 2.24) is 24.7 Å². The second-order valence-electron chi connectivity index (χ2n) is 7.56. The fourth-order valence-corrected chi connectivity index (χ4v) is 6.35. The predicted octanol–water partition coefficient (Wildman–Crippen LogP) is 4.66. The summed E-state index contributed by atoms with van der Waals surface area (Å²) in [6.45, 7) is 6.13. The number of aromatic nitrogens is 5. The molecule has 1 aromatic carbocycles. The summed E-state index contributed by atoms with van der Waals surface area (Å²) >= 11 is 3.23. The molecule has 0 saturated carbocycles. The maximum Gasteiger partial charge on any atom is 0.177 e. The van der Waals surface area contributed by atoms with Crippen LogP contribution in [-0.4, -0.2) is 39.4 Å². The molecule has 168 valence electrons. The average Bonchev–Trinajstić information content (AvgIpc) is 3.47. The van der Waals surface area contributed by atoms with Crippen molar-refractivity contribution in [2.75, 3.05) is 6.26 Å². The van der Waals surface area contributed by atoms with Crippen LogP contribution in [-0.2, 0) is 29.1 Å². The van der Waals surface area contributed by atoms with E-state index >= 15 is 0 Å². The van der Waals surface area contributed by atoms with Crippen molar-refractivity contribution in [1.29, 1.82) is 0 Å². The number of nitrogens with zero attached hydrogens (tertiary/aromatic N) is 5. The number of rotatable bonds is 8. The number of sulfone groups is 1. The van der Waals surface area contributed by atoms with Crippen molar-refractivity contribution >= 4 is 32.5 Å². The van der Waals surface area contributed by atoms with Gasteiger partial charge >= 0.3 is 0 Å². The second-order valence-corrected chi connectivity index (χ2v) is 11.8. The Labute approximate surface area is 196 Å². The normalized spacial score (nSPS) is 11.9. The largest absolute Gasteiger partial charge is 0.302 e. The SMILES string of the molecule is CCCc1nccn1-c1cc(-c2sc(Cc3nnc(CC)s3)nc2C)ccc1S(C)(=O)=O. The molecule has 4 rings (SSSR count). The molecular weight excluding hydrogens is 462 g/mol. The summed E-state index contributed by atoms with van der Waals surface area (Å²) in [4.78, 5) is 10.5. The molecule has 0 fully saturated rings. The Morgan fingerprint density at radius 3 is 2.53 bits per heavy atom. The van der Waals surface area contributed by atoms with Gasteiger partial charge in [-0.2, -0.15) is 0 Å². The van der Waals surface area contributed by atoms with Crippen LogP contribution in [0.4, 0.5) is 0 Å². The minimum atomic E-state index is -3.41. The van der Waals surface area contributed by atoms with Crippen molar-refractivity contribution in [3.63, 3.8) is 0 Å². The van der Waals surface area contributed by atoms with Crippen molar-refractivity contribution in [3.8, 4) is 16.1 Å². The summed E-state index contributed by atoms with van der Waals surface area (Å²) in [6, 6.07) is 5.48. The highest BCUT2D eigenvalue weighted by molar-refractivity contribution is 7.90. The summed E-state index contributed by atoms with van der Waals surface area (Å²) < 4.78 is 26.9. The highest BCUT2D eigenvalue weighted by atomic mass is 32.2. The zero-order valence-electron chi connectivity index (χ0n) is 18.5. The van der Waals surface area contributed by atoms with E-state index < -0.39 is 9.84 Å². The monoisotopic (exact) mass is 487 g/mol. The van der Waals surface area contributed by atoms with Crippen LogP contribution < -0.4 is 0 Å². The van der Waals surface area contributed by atoms with E-state index in [9.17, 15) is 8.42 Å². The van der Waals surface area contributed by atoms with Crippen LogP contribution in [0.1, 0.15) is 46.8 Å². The van der Waals surface area contributed by atoms with Gasteiger partial charge in [0.1, 0.15) is 20.8 Å². The Bertz CT molecular complexity index is 1350. The fourth-order valence-electron chi connectivity index (χ4n) is 3.55. The summed E-state index contributed by atoms with van der Waals surface area (Å²) in [7, 11) is -3.41. The van der Waals surface area contributed by atoms with Crippen LogP contribution >= 0.6 is 22.7 Å². The van der Waals surface area contributed by atoms with E-state index in [1.54, 1.807) is 34.9 Å². The standard InChI is InChI=1S/C22H25N5O2S3/c1-5-7-18-23-10-11-27(18)16-12-15(8-9-17(16)32(4,28)29)22-14(3)24-20(31-22)13-21-26-25-19(6-2)30-21/h8-12H,5-7,13H2,1-4H3. The first kappa shape index (κ1) is 22.8. The van der Waals surface area contributed by atoms with Crippen LogP contribution in [0.5, 0.6) is 0 Å². The number of aryl methyl sites for hydroxylation is 3. The molecule has 0 radical (unpaired) electrons. The summed E-state index contributed by atoms with van der Waals surface area (Å²) in [6.07, 6.45) is 8.00. The molecule has 0 unspecified atom stereocenters. The van der Waals surface area contributed by atoms with E-state index in [-0.39, 0.29) is 0 Å². The summed E-state index contributed by atoms with van der Waals surface area (Å²) in [5.41, 5.74) is 2.48. The highest BCUT2D eigenvalue weighted by Crippen LogP contribution is 2.35. The minimum Gasteiger partial charge on any atom is -0.302 e. The Morgan fingerprint density at radius 2 is 1.84 bits per heavy atom. The molecule has 0 aliphatic heterocycles. The molecule has 7 nitrogen and oxygen atoms in total.